The van der Waals surface area contributed by atoms with Crippen LogP contribution in [0.4, 0.5) is 10.1 Å². The largest absolute Gasteiger partial charge is 0.350 e. The summed E-state index contributed by atoms with van der Waals surface area (Å²) < 4.78 is 39.6. The molecule has 1 atom stereocenters. The molecule has 0 saturated carbocycles. The number of benzene rings is 2. The second-order valence-corrected chi connectivity index (χ2v) is 11.9. The number of hydrogen-bond acceptors (Lipinski definition) is 4. The van der Waals surface area contributed by atoms with Gasteiger partial charge in [0.2, 0.25) is 21.8 Å². The van der Waals surface area contributed by atoms with E-state index in [2.05, 4.69) is 5.32 Å². The van der Waals surface area contributed by atoms with E-state index in [0.717, 1.165) is 18.2 Å². The Morgan fingerprint density at radius 3 is 2.06 bits per heavy atom. The normalized spacial score (nSPS) is 12.6. The monoisotopic (exact) mass is 519 g/mol. The van der Waals surface area contributed by atoms with Crippen LogP contribution in [0.2, 0.25) is 0 Å². The van der Waals surface area contributed by atoms with E-state index in [1.54, 1.807) is 31.2 Å². The van der Waals surface area contributed by atoms with Crippen LogP contribution in [0.5, 0.6) is 0 Å². The van der Waals surface area contributed by atoms with E-state index in [0.29, 0.717) is 11.3 Å². The molecule has 2 rings (SSSR count). The summed E-state index contributed by atoms with van der Waals surface area (Å²) in [6.45, 7) is 9.51. The number of amides is 2. The number of carbonyl (C=O) groups is 2. The second-order valence-electron chi connectivity index (χ2n) is 10.0. The molecule has 0 aliphatic heterocycles. The standard InChI is InChI=1S/C27H38FN3O4S/c1-7-21-12-16-24(17-13-21)31(36(6,34)35)18-8-9-25(32)30(19-22-10-14-23(28)15-11-22)20(2)26(33)29-27(3,4)5/h10-17,20H,7-9,18-19H2,1-6H3,(H,29,33). The van der Waals surface area contributed by atoms with Crippen LogP contribution in [0, 0.1) is 5.82 Å². The Labute approximate surface area is 214 Å². The zero-order chi connectivity index (χ0) is 27.1. The molecule has 0 bridgehead atoms. The van der Waals surface area contributed by atoms with Crippen LogP contribution in [-0.4, -0.2) is 49.5 Å². The van der Waals surface area contributed by atoms with Gasteiger partial charge in [-0.1, -0.05) is 31.2 Å². The fourth-order valence-corrected chi connectivity index (χ4v) is 4.71. The van der Waals surface area contributed by atoms with Gasteiger partial charge in [-0.2, -0.15) is 0 Å². The Morgan fingerprint density at radius 1 is 1.00 bits per heavy atom. The number of halogens is 1. The van der Waals surface area contributed by atoms with Gasteiger partial charge in [-0.05, 0) is 75.9 Å². The number of rotatable bonds is 11. The molecule has 36 heavy (non-hydrogen) atoms. The third-order valence-electron chi connectivity index (χ3n) is 5.72. The molecular formula is C27H38FN3O4S. The summed E-state index contributed by atoms with van der Waals surface area (Å²) >= 11 is 0. The Bertz CT molecular complexity index is 1130. The van der Waals surface area contributed by atoms with Gasteiger partial charge in [-0.3, -0.25) is 13.9 Å². The van der Waals surface area contributed by atoms with Crippen LogP contribution in [-0.2, 0) is 32.6 Å². The number of aryl methyl sites for hydroxylation is 1. The Morgan fingerprint density at radius 2 is 1.56 bits per heavy atom. The molecule has 7 nitrogen and oxygen atoms in total. The first-order valence-electron chi connectivity index (χ1n) is 12.1. The average Bonchev–Trinajstić information content (AvgIpc) is 2.79. The minimum Gasteiger partial charge on any atom is -0.350 e. The smallest absolute Gasteiger partial charge is 0.242 e. The summed E-state index contributed by atoms with van der Waals surface area (Å²) in [7, 11) is -3.55. The summed E-state index contributed by atoms with van der Waals surface area (Å²) in [6, 6.07) is 12.3. The predicted octanol–water partition coefficient (Wildman–Crippen LogP) is 4.27. The van der Waals surface area contributed by atoms with Gasteiger partial charge >= 0.3 is 0 Å². The molecule has 0 aliphatic carbocycles. The van der Waals surface area contributed by atoms with Crippen molar-refractivity contribution >= 4 is 27.5 Å². The zero-order valence-corrected chi connectivity index (χ0v) is 22.9. The number of nitrogens with zero attached hydrogens (tertiary/aromatic N) is 2. The Balaban J connectivity index is 2.17. The van der Waals surface area contributed by atoms with Gasteiger partial charge in [-0.25, -0.2) is 12.8 Å². The predicted molar refractivity (Wildman–Crippen MR) is 142 cm³/mol. The lowest BCUT2D eigenvalue weighted by Gasteiger charge is -2.32. The highest BCUT2D eigenvalue weighted by Gasteiger charge is 2.28. The lowest BCUT2D eigenvalue weighted by Crippen LogP contribution is -2.52. The van der Waals surface area contributed by atoms with Crippen LogP contribution in [0.15, 0.2) is 48.5 Å². The minimum absolute atomic E-state index is 0.0490. The van der Waals surface area contributed by atoms with Crippen LogP contribution < -0.4 is 9.62 Å². The van der Waals surface area contributed by atoms with E-state index in [-0.39, 0.29) is 43.6 Å². The summed E-state index contributed by atoms with van der Waals surface area (Å²) in [6.07, 6.45) is 2.31. The zero-order valence-electron chi connectivity index (χ0n) is 22.0. The van der Waals surface area contributed by atoms with Gasteiger partial charge in [-0.15, -0.1) is 0 Å². The third kappa shape index (κ3) is 8.93. The highest BCUT2D eigenvalue weighted by Crippen LogP contribution is 2.20. The van der Waals surface area contributed by atoms with Crippen LogP contribution in [0.25, 0.3) is 0 Å². The van der Waals surface area contributed by atoms with Crippen molar-refractivity contribution in [2.45, 2.75) is 72.0 Å². The van der Waals surface area contributed by atoms with Crippen LogP contribution >= 0.6 is 0 Å². The van der Waals surface area contributed by atoms with Crippen molar-refractivity contribution in [3.8, 4) is 0 Å². The number of nitrogens with one attached hydrogen (secondary N) is 1. The molecule has 9 heteroatoms. The second kappa shape index (κ2) is 12.3. The summed E-state index contributed by atoms with van der Waals surface area (Å²) in [5.74, 6) is -0.972. The molecule has 1 unspecified atom stereocenters. The number of carbonyl (C=O) groups excluding carboxylic acids is 2. The van der Waals surface area contributed by atoms with Crippen LogP contribution in [0.1, 0.15) is 58.6 Å². The van der Waals surface area contributed by atoms with E-state index in [4.69, 9.17) is 0 Å². The SMILES string of the molecule is CCc1ccc(N(CCCC(=O)N(Cc2ccc(F)cc2)C(C)C(=O)NC(C)(C)C)S(C)(=O)=O)cc1. The molecule has 0 spiro atoms. The van der Waals surface area contributed by atoms with E-state index >= 15 is 0 Å². The Hall–Kier alpha value is -2.94. The van der Waals surface area contributed by atoms with Gasteiger partial charge in [0.05, 0.1) is 11.9 Å². The van der Waals surface area contributed by atoms with Gasteiger partial charge in [0.25, 0.3) is 0 Å². The van der Waals surface area contributed by atoms with Gasteiger partial charge < -0.3 is 10.2 Å². The summed E-state index contributed by atoms with van der Waals surface area (Å²) in [5, 5.41) is 2.89. The first kappa shape index (κ1) is 29.3. The lowest BCUT2D eigenvalue weighted by atomic mass is 10.1. The van der Waals surface area contributed by atoms with E-state index in [1.165, 1.54) is 21.3 Å². The molecule has 198 valence electrons. The maximum atomic E-state index is 13.4. The highest BCUT2D eigenvalue weighted by molar-refractivity contribution is 7.92. The number of hydrogen-bond donors (Lipinski definition) is 1. The first-order chi connectivity index (χ1) is 16.7. The van der Waals surface area contributed by atoms with Crippen LogP contribution in [0.3, 0.4) is 0 Å². The molecular weight excluding hydrogens is 481 g/mol. The molecule has 0 aromatic heterocycles. The lowest BCUT2D eigenvalue weighted by molar-refractivity contribution is -0.141. The van der Waals surface area contributed by atoms with Crippen molar-refractivity contribution in [1.29, 1.82) is 0 Å². The van der Waals surface area contributed by atoms with E-state index < -0.39 is 21.6 Å². The minimum atomic E-state index is -3.55. The molecule has 0 saturated heterocycles. The van der Waals surface area contributed by atoms with E-state index in [9.17, 15) is 22.4 Å². The Kier molecular flexibility index (Phi) is 10.0. The van der Waals surface area contributed by atoms with Crippen molar-refractivity contribution in [3.05, 3.63) is 65.5 Å². The maximum Gasteiger partial charge on any atom is 0.242 e. The summed E-state index contributed by atoms with van der Waals surface area (Å²) in [4.78, 5) is 27.6. The summed E-state index contributed by atoms with van der Waals surface area (Å²) in [5.41, 5.74) is 1.86. The number of anilines is 1. The van der Waals surface area contributed by atoms with Gasteiger partial charge in [0, 0.05) is 25.0 Å². The van der Waals surface area contributed by atoms with E-state index in [1.807, 2.05) is 39.8 Å². The van der Waals surface area contributed by atoms with Crippen molar-refractivity contribution in [2.24, 2.45) is 0 Å². The molecule has 0 aliphatic rings. The molecule has 1 N–H and O–H groups in total. The fraction of sp³-hybridized carbons (Fsp3) is 0.481. The molecule has 2 amide bonds. The van der Waals surface area contributed by atoms with Crippen molar-refractivity contribution in [3.63, 3.8) is 0 Å². The van der Waals surface area contributed by atoms with Gasteiger partial charge in [0.15, 0.2) is 0 Å². The quantitative estimate of drug-likeness (QED) is 0.481. The topological polar surface area (TPSA) is 86.8 Å². The molecule has 2 aromatic carbocycles. The van der Waals surface area contributed by atoms with Crippen molar-refractivity contribution < 1.29 is 22.4 Å². The molecule has 2 aromatic rings. The molecule has 0 fully saturated rings. The van der Waals surface area contributed by atoms with Gasteiger partial charge in [0.1, 0.15) is 11.9 Å². The third-order valence-corrected chi connectivity index (χ3v) is 6.91. The highest BCUT2D eigenvalue weighted by atomic mass is 32.2. The van der Waals surface area contributed by atoms with Crippen molar-refractivity contribution in [1.82, 2.24) is 10.2 Å². The first-order valence-corrected chi connectivity index (χ1v) is 14.0. The number of sulfonamides is 1. The maximum absolute atomic E-state index is 13.4. The molecule has 0 radical (unpaired) electrons. The average molecular weight is 520 g/mol. The fourth-order valence-electron chi connectivity index (χ4n) is 3.74. The molecule has 0 heterocycles. The van der Waals surface area contributed by atoms with Crippen molar-refractivity contribution in [2.75, 3.05) is 17.1 Å².